The summed E-state index contributed by atoms with van der Waals surface area (Å²) in [5.74, 6) is 0. The smallest absolute Gasteiger partial charge is 0.0536 e. The number of hydrogen-bond acceptors (Lipinski definition) is 1. The van der Waals surface area contributed by atoms with Crippen LogP contribution in [0.1, 0.15) is 26.5 Å². The van der Waals surface area contributed by atoms with Crippen molar-refractivity contribution < 1.29 is 0 Å². The van der Waals surface area contributed by atoms with E-state index in [0.29, 0.717) is 0 Å². The van der Waals surface area contributed by atoms with Crippen molar-refractivity contribution in [3.63, 3.8) is 0 Å². The van der Waals surface area contributed by atoms with Crippen molar-refractivity contribution in [3.05, 3.63) is 46.8 Å². The van der Waals surface area contributed by atoms with Crippen LogP contribution in [-0.4, -0.2) is 4.98 Å². The van der Waals surface area contributed by atoms with Crippen molar-refractivity contribution in [2.75, 3.05) is 0 Å². The van der Waals surface area contributed by atoms with Crippen molar-refractivity contribution in [2.24, 2.45) is 0 Å². The van der Waals surface area contributed by atoms with Gasteiger partial charge in [-0.3, -0.25) is 0 Å². The average molecular weight is 255 g/mol. The minimum absolute atomic E-state index is 0.158. The number of aromatic nitrogens is 1. The van der Waals surface area contributed by atoms with E-state index in [1.165, 1.54) is 27.7 Å². The molecule has 3 aromatic rings. The number of rotatable bonds is 1. The van der Waals surface area contributed by atoms with Crippen LogP contribution in [0.4, 0.5) is 0 Å². The third-order valence-electron chi connectivity index (χ3n) is 3.30. The van der Waals surface area contributed by atoms with Crippen LogP contribution >= 0.6 is 11.3 Å². The van der Waals surface area contributed by atoms with Crippen molar-refractivity contribution in [1.29, 1.82) is 0 Å². The highest BCUT2D eigenvalue weighted by Gasteiger charge is 2.17. The summed E-state index contributed by atoms with van der Waals surface area (Å²) in [6.07, 6.45) is 0. The second-order valence-corrected chi connectivity index (χ2v) is 6.49. The molecular weight excluding hydrogens is 238 g/mol. The molecule has 1 aromatic carbocycles. The lowest BCUT2D eigenvalue weighted by atomic mass is 9.92. The summed E-state index contributed by atoms with van der Waals surface area (Å²) >= 11 is 1.74. The number of fused-ring (bicyclic) bond motifs is 1. The molecular formula is C16H17NS. The maximum atomic E-state index is 3.60. The lowest BCUT2D eigenvalue weighted by Crippen LogP contribution is -2.11. The molecule has 0 saturated carbocycles. The normalized spacial score (nSPS) is 12.2. The fraction of sp³-hybridized carbons (Fsp3) is 0.250. The van der Waals surface area contributed by atoms with Gasteiger partial charge in [-0.25, -0.2) is 0 Å². The van der Waals surface area contributed by atoms with Crippen LogP contribution in [0.15, 0.2) is 41.1 Å². The number of para-hydroxylation sites is 1. The lowest BCUT2D eigenvalue weighted by Gasteiger charge is -2.15. The van der Waals surface area contributed by atoms with Crippen molar-refractivity contribution >= 4 is 22.2 Å². The first-order valence-corrected chi connectivity index (χ1v) is 7.15. The van der Waals surface area contributed by atoms with E-state index >= 15 is 0 Å². The standard InChI is InChI=1S/C16H17NS/c1-16(2,3)14-9-11-5-4-6-13(15(11)17-14)12-7-8-18-10-12/h4-10,17H,1-3H3. The monoisotopic (exact) mass is 255 g/mol. The van der Waals surface area contributed by atoms with Gasteiger partial charge in [-0.1, -0.05) is 39.0 Å². The molecule has 3 rings (SSSR count). The Bertz CT molecular complexity index is 669. The molecule has 18 heavy (non-hydrogen) atoms. The second kappa shape index (κ2) is 3.99. The predicted molar refractivity (Wildman–Crippen MR) is 80.3 cm³/mol. The Morgan fingerprint density at radius 3 is 2.61 bits per heavy atom. The minimum atomic E-state index is 0.158. The summed E-state index contributed by atoms with van der Waals surface area (Å²) in [6.45, 7) is 6.71. The molecule has 0 atom stereocenters. The van der Waals surface area contributed by atoms with E-state index in [1.807, 2.05) is 0 Å². The molecule has 2 heterocycles. The van der Waals surface area contributed by atoms with E-state index in [-0.39, 0.29) is 5.41 Å². The van der Waals surface area contributed by atoms with E-state index in [9.17, 15) is 0 Å². The molecule has 0 fully saturated rings. The molecule has 0 unspecified atom stereocenters. The van der Waals surface area contributed by atoms with E-state index < -0.39 is 0 Å². The first-order valence-electron chi connectivity index (χ1n) is 6.20. The van der Waals surface area contributed by atoms with Crippen LogP contribution in [-0.2, 0) is 5.41 Å². The summed E-state index contributed by atoms with van der Waals surface area (Å²) in [6, 6.07) is 10.9. The van der Waals surface area contributed by atoms with Crippen molar-refractivity contribution in [2.45, 2.75) is 26.2 Å². The Balaban J connectivity index is 2.25. The molecule has 0 saturated heterocycles. The maximum Gasteiger partial charge on any atom is 0.0536 e. The molecule has 2 heteroatoms. The van der Waals surface area contributed by atoms with Gasteiger partial charge in [-0.15, -0.1) is 0 Å². The molecule has 0 spiro atoms. The van der Waals surface area contributed by atoms with Gasteiger partial charge in [0.25, 0.3) is 0 Å². The lowest BCUT2D eigenvalue weighted by molar-refractivity contribution is 0.574. The molecule has 0 amide bonds. The topological polar surface area (TPSA) is 15.8 Å². The second-order valence-electron chi connectivity index (χ2n) is 5.71. The van der Waals surface area contributed by atoms with Crippen molar-refractivity contribution in [1.82, 2.24) is 4.98 Å². The Kier molecular flexibility index (Phi) is 2.56. The minimum Gasteiger partial charge on any atom is -0.357 e. The molecule has 1 nitrogen and oxygen atoms in total. The first kappa shape index (κ1) is 11.5. The molecule has 0 aliphatic rings. The highest BCUT2D eigenvalue weighted by molar-refractivity contribution is 7.08. The van der Waals surface area contributed by atoms with Gasteiger partial charge in [-0.05, 0) is 28.5 Å². The largest absolute Gasteiger partial charge is 0.357 e. The van der Waals surface area contributed by atoms with E-state index in [0.717, 1.165) is 0 Å². The highest BCUT2D eigenvalue weighted by Crippen LogP contribution is 2.32. The van der Waals surface area contributed by atoms with Gasteiger partial charge in [0.15, 0.2) is 0 Å². The number of nitrogens with one attached hydrogen (secondary N) is 1. The van der Waals surface area contributed by atoms with Gasteiger partial charge in [0.1, 0.15) is 0 Å². The summed E-state index contributed by atoms with van der Waals surface area (Å²) in [7, 11) is 0. The third-order valence-corrected chi connectivity index (χ3v) is 3.98. The fourth-order valence-corrected chi connectivity index (χ4v) is 2.87. The van der Waals surface area contributed by atoms with Crippen LogP contribution in [0.3, 0.4) is 0 Å². The van der Waals surface area contributed by atoms with E-state index in [1.54, 1.807) is 11.3 Å². The van der Waals surface area contributed by atoms with Gasteiger partial charge < -0.3 is 4.98 Å². The Labute approximate surface area is 111 Å². The SMILES string of the molecule is CC(C)(C)c1cc2cccc(-c3ccsc3)c2[nH]1. The molecule has 92 valence electrons. The molecule has 0 aliphatic heterocycles. The summed E-state index contributed by atoms with van der Waals surface area (Å²) < 4.78 is 0. The van der Waals surface area contributed by atoms with Crippen molar-refractivity contribution in [3.8, 4) is 11.1 Å². The van der Waals surface area contributed by atoms with Gasteiger partial charge in [-0.2, -0.15) is 11.3 Å². The molecule has 0 bridgehead atoms. The number of thiophene rings is 1. The van der Waals surface area contributed by atoms with E-state index in [4.69, 9.17) is 0 Å². The zero-order chi connectivity index (χ0) is 12.8. The number of hydrogen-bond donors (Lipinski definition) is 1. The summed E-state index contributed by atoms with van der Waals surface area (Å²) in [4.78, 5) is 3.60. The van der Waals surface area contributed by atoms with Gasteiger partial charge >= 0.3 is 0 Å². The molecule has 1 N–H and O–H groups in total. The molecule has 0 radical (unpaired) electrons. The first-order chi connectivity index (χ1) is 8.55. The average Bonchev–Trinajstić information content (AvgIpc) is 2.96. The highest BCUT2D eigenvalue weighted by atomic mass is 32.1. The number of aromatic amines is 1. The van der Waals surface area contributed by atoms with Crippen LogP contribution in [0.5, 0.6) is 0 Å². The van der Waals surface area contributed by atoms with Gasteiger partial charge in [0.2, 0.25) is 0 Å². The predicted octanol–water partition coefficient (Wildman–Crippen LogP) is 5.19. The van der Waals surface area contributed by atoms with Crippen LogP contribution < -0.4 is 0 Å². The third kappa shape index (κ3) is 1.87. The van der Waals surface area contributed by atoms with Crippen LogP contribution in [0.25, 0.3) is 22.0 Å². The van der Waals surface area contributed by atoms with Crippen LogP contribution in [0.2, 0.25) is 0 Å². The number of H-pyrrole nitrogens is 1. The summed E-state index contributed by atoms with van der Waals surface area (Å²) in [5.41, 5.74) is 5.29. The fourth-order valence-electron chi connectivity index (χ4n) is 2.22. The van der Waals surface area contributed by atoms with Gasteiger partial charge in [0.05, 0.1) is 5.52 Å². The maximum absolute atomic E-state index is 3.60. The summed E-state index contributed by atoms with van der Waals surface area (Å²) in [5, 5.41) is 5.62. The van der Waals surface area contributed by atoms with Crippen LogP contribution in [0, 0.1) is 0 Å². The van der Waals surface area contributed by atoms with Gasteiger partial charge in [0, 0.05) is 22.1 Å². The Morgan fingerprint density at radius 1 is 1.11 bits per heavy atom. The quantitative estimate of drug-likeness (QED) is 0.615. The Hall–Kier alpha value is -1.54. The zero-order valence-corrected chi connectivity index (χ0v) is 11.8. The van der Waals surface area contributed by atoms with E-state index in [2.05, 4.69) is 66.8 Å². The Morgan fingerprint density at radius 2 is 1.94 bits per heavy atom. The zero-order valence-electron chi connectivity index (χ0n) is 10.9. The number of benzene rings is 1. The molecule has 0 aliphatic carbocycles. The molecule has 2 aromatic heterocycles.